The van der Waals surface area contributed by atoms with Crippen LogP contribution < -0.4 is 15.6 Å². The molecule has 1 aromatic heterocycles. The molecule has 1 aliphatic carbocycles. The maximum atomic E-state index is 15.2. The standard InChI is InChI=1S/C27H27FN4O5/c1-16(33)17-2-4-18(5-3-17)29-25(34)15-30-8-10-31(11-9-30)24-13-23-20(12-22(24)28)26(35)21(27(36)37)14-32(23)19-6-7-19/h2-5,12-14,19H,6-11,15H2,1H3,(H,29,34)(H,36,37). The molecule has 1 saturated carbocycles. The third-order valence-electron chi connectivity index (χ3n) is 6.93. The van der Waals surface area contributed by atoms with Crippen molar-refractivity contribution in [1.29, 1.82) is 0 Å². The SMILES string of the molecule is CC(=O)c1ccc(NC(=O)CN2CCN(c3cc4c(cc3F)c(=O)c(C(=O)O)cn4C3CC3)CC2)cc1. The van der Waals surface area contributed by atoms with Crippen LogP contribution in [-0.2, 0) is 4.79 Å². The number of anilines is 2. The average Bonchev–Trinajstić information content (AvgIpc) is 3.70. The van der Waals surface area contributed by atoms with Crippen molar-refractivity contribution < 1.29 is 23.9 Å². The van der Waals surface area contributed by atoms with E-state index in [4.69, 9.17) is 0 Å². The van der Waals surface area contributed by atoms with Crippen molar-refractivity contribution in [3.63, 3.8) is 0 Å². The quantitative estimate of drug-likeness (QED) is 0.474. The van der Waals surface area contributed by atoms with Gasteiger partial charge in [0.25, 0.3) is 0 Å². The number of carbonyl (C=O) groups excluding carboxylic acids is 2. The van der Waals surface area contributed by atoms with Crippen molar-refractivity contribution in [1.82, 2.24) is 9.47 Å². The van der Waals surface area contributed by atoms with Gasteiger partial charge in [0.1, 0.15) is 11.4 Å². The molecule has 2 heterocycles. The van der Waals surface area contributed by atoms with Gasteiger partial charge in [0, 0.05) is 55.1 Å². The third kappa shape index (κ3) is 5.10. The van der Waals surface area contributed by atoms with E-state index >= 15 is 4.39 Å². The summed E-state index contributed by atoms with van der Waals surface area (Å²) in [5.74, 6) is -2.11. The maximum absolute atomic E-state index is 15.2. The molecule has 0 radical (unpaired) electrons. The summed E-state index contributed by atoms with van der Waals surface area (Å²) in [5, 5.41) is 12.3. The molecule has 0 spiro atoms. The van der Waals surface area contributed by atoms with E-state index in [1.165, 1.54) is 13.1 Å². The molecule has 1 aliphatic heterocycles. The molecule has 5 rings (SSSR count). The van der Waals surface area contributed by atoms with Gasteiger partial charge < -0.3 is 19.9 Å². The Morgan fingerprint density at radius 1 is 1.05 bits per heavy atom. The largest absolute Gasteiger partial charge is 0.477 e. The van der Waals surface area contributed by atoms with Gasteiger partial charge in [0.2, 0.25) is 11.3 Å². The highest BCUT2D eigenvalue weighted by molar-refractivity contribution is 5.96. The highest BCUT2D eigenvalue weighted by Gasteiger charge is 2.28. The second kappa shape index (κ2) is 9.78. The lowest BCUT2D eigenvalue weighted by molar-refractivity contribution is -0.117. The number of rotatable bonds is 7. The number of piperazine rings is 1. The summed E-state index contributed by atoms with van der Waals surface area (Å²) in [6.07, 6.45) is 3.13. The van der Waals surface area contributed by atoms with Gasteiger partial charge in [-0.2, -0.15) is 0 Å². The van der Waals surface area contributed by atoms with Crippen molar-refractivity contribution in [2.75, 3.05) is 42.9 Å². The number of ketones is 1. The number of hydrogen-bond donors (Lipinski definition) is 2. The Kier molecular flexibility index (Phi) is 6.51. The molecule has 1 saturated heterocycles. The van der Waals surface area contributed by atoms with Crippen molar-refractivity contribution >= 4 is 39.9 Å². The minimum Gasteiger partial charge on any atom is -0.477 e. The molecule has 3 aromatic rings. The molecule has 1 amide bonds. The molecule has 192 valence electrons. The molecule has 2 aliphatic rings. The van der Waals surface area contributed by atoms with Gasteiger partial charge in [0.15, 0.2) is 5.78 Å². The number of carbonyl (C=O) groups is 3. The molecule has 0 atom stereocenters. The molecule has 9 nitrogen and oxygen atoms in total. The van der Waals surface area contributed by atoms with E-state index in [0.29, 0.717) is 48.6 Å². The monoisotopic (exact) mass is 506 g/mol. The number of amides is 1. The van der Waals surface area contributed by atoms with Gasteiger partial charge in [-0.05, 0) is 56.2 Å². The smallest absolute Gasteiger partial charge is 0.341 e. The predicted octanol–water partition coefficient (Wildman–Crippen LogP) is 3.14. The Hall–Kier alpha value is -4.05. The number of hydrogen-bond acceptors (Lipinski definition) is 6. The number of benzene rings is 2. The van der Waals surface area contributed by atoms with E-state index in [-0.39, 0.29) is 35.2 Å². The summed E-state index contributed by atoms with van der Waals surface area (Å²) >= 11 is 0. The molecule has 0 unspecified atom stereocenters. The minimum absolute atomic E-state index is 0.0422. The zero-order chi connectivity index (χ0) is 26.3. The van der Waals surface area contributed by atoms with Crippen molar-refractivity contribution in [2.24, 2.45) is 0 Å². The number of carboxylic acids is 1. The zero-order valence-electron chi connectivity index (χ0n) is 20.4. The fourth-order valence-corrected chi connectivity index (χ4v) is 4.75. The lowest BCUT2D eigenvalue weighted by Crippen LogP contribution is -2.49. The Morgan fingerprint density at radius 3 is 2.32 bits per heavy atom. The van der Waals surface area contributed by atoms with E-state index in [1.54, 1.807) is 34.9 Å². The van der Waals surface area contributed by atoms with Crippen LogP contribution in [0.15, 0.2) is 47.4 Å². The predicted molar refractivity (Wildman–Crippen MR) is 137 cm³/mol. The van der Waals surface area contributed by atoms with Crippen LogP contribution in [0.4, 0.5) is 15.8 Å². The van der Waals surface area contributed by atoms with Gasteiger partial charge in [-0.15, -0.1) is 0 Å². The molecular formula is C27H27FN4O5. The number of halogens is 1. The molecule has 37 heavy (non-hydrogen) atoms. The van der Waals surface area contributed by atoms with Crippen LogP contribution >= 0.6 is 0 Å². The summed E-state index contributed by atoms with van der Waals surface area (Å²) in [4.78, 5) is 52.0. The first-order valence-electron chi connectivity index (χ1n) is 12.2. The molecular weight excluding hydrogens is 479 g/mol. The molecule has 10 heteroatoms. The van der Waals surface area contributed by atoms with E-state index in [1.807, 2.05) is 9.80 Å². The molecule has 2 N–H and O–H groups in total. The first-order valence-corrected chi connectivity index (χ1v) is 12.2. The van der Waals surface area contributed by atoms with Gasteiger partial charge in [-0.1, -0.05) is 0 Å². The van der Waals surface area contributed by atoms with Gasteiger partial charge in [-0.25, -0.2) is 9.18 Å². The summed E-state index contributed by atoms with van der Waals surface area (Å²) in [5.41, 5.74) is 1.04. The highest BCUT2D eigenvalue weighted by atomic mass is 19.1. The number of fused-ring (bicyclic) bond motifs is 1. The van der Waals surface area contributed by atoms with Crippen molar-refractivity contribution in [2.45, 2.75) is 25.8 Å². The van der Waals surface area contributed by atoms with Crippen LogP contribution in [0.1, 0.15) is 46.5 Å². The second-order valence-corrected chi connectivity index (χ2v) is 9.58. The fourth-order valence-electron chi connectivity index (χ4n) is 4.75. The van der Waals surface area contributed by atoms with Crippen molar-refractivity contribution in [3.8, 4) is 0 Å². The van der Waals surface area contributed by atoms with E-state index in [0.717, 1.165) is 18.9 Å². The number of carboxylic acid groups (broad SMARTS) is 1. The Bertz CT molecular complexity index is 1450. The van der Waals surface area contributed by atoms with Gasteiger partial charge in [-0.3, -0.25) is 19.3 Å². The number of aromatic nitrogens is 1. The topological polar surface area (TPSA) is 112 Å². The van der Waals surface area contributed by atoms with E-state index in [2.05, 4.69) is 5.32 Å². The maximum Gasteiger partial charge on any atom is 0.341 e. The van der Waals surface area contributed by atoms with Crippen LogP contribution in [0.25, 0.3) is 10.9 Å². The van der Waals surface area contributed by atoms with Crippen molar-refractivity contribution in [3.05, 3.63) is 69.8 Å². The highest BCUT2D eigenvalue weighted by Crippen LogP contribution is 2.38. The van der Waals surface area contributed by atoms with Crippen LogP contribution in [-0.4, -0.2) is 65.0 Å². The number of nitrogens with one attached hydrogen (secondary N) is 1. The van der Waals surface area contributed by atoms with Crippen LogP contribution in [0.2, 0.25) is 0 Å². The molecule has 2 fully saturated rings. The van der Waals surface area contributed by atoms with Gasteiger partial charge in [0.05, 0.1) is 17.7 Å². The molecule has 0 bridgehead atoms. The van der Waals surface area contributed by atoms with Crippen LogP contribution in [0, 0.1) is 5.82 Å². The summed E-state index contributed by atoms with van der Waals surface area (Å²) in [6.45, 7) is 3.73. The minimum atomic E-state index is -1.32. The fraction of sp³-hybridized carbons (Fsp3) is 0.333. The summed E-state index contributed by atoms with van der Waals surface area (Å²) in [7, 11) is 0. The normalized spacial score (nSPS) is 16.1. The van der Waals surface area contributed by atoms with Crippen LogP contribution in [0.3, 0.4) is 0 Å². The van der Waals surface area contributed by atoms with E-state index in [9.17, 15) is 24.3 Å². The van der Waals surface area contributed by atoms with E-state index < -0.39 is 17.2 Å². The first kappa shape index (κ1) is 24.6. The third-order valence-corrected chi connectivity index (χ3v) is 6.93. The Morgan fingerprint density at radius 2 is 1.73 bits per heavy atom. The summed E-state index contributed by atoms with van der Waals surface area (Å²) in [6, 6.07) is 9.61. The zero-order valence-corrected chi connectivity index (χ0v) is 20.4. The second-order valence-electron chi connectivity index (χ2n) is 9.58. The molecule has 2 aromatic carbocycles. The Balaban J connectivity index is 1.28. The lowest BCUT2D eigenvalue weighted by atomic mass is 10.1. The summed E-state index contributed by atoms with van der Waals surface area (Å²) < 4.78 is 16.9. The number of aromatic carboxylic acids is 1. The van der Waals surface area contributed by atoms with Crippen LogP contribution in [0.5, 0.6) is 0 Å². The number of pyridine rings is 1. The Labute approximate surface area is 212 Å². The first-order chi connectivity index (χ1) is 17.7. The lowest BCUT2D eigenvalue weighted by Gasteiger charge is -2.36. The van der Waals surface area contributed by atoms with Gasteiger partial charge >= 0.3 is 5.97 Å². The number of nitrogens with zero attached hydrogens (tertiary/aromatic N) is 3. The average molecular weight is 507 g/mol. The number of Topliss-reactive ketones (excluding diaryl/α,β-unsaturated/α-hetero) is 1.